The highest BCUT2D eigenvalue weighted by Gasteiger charge is 2.21. The molecule has 0 radical (unpaired) electrons. The number of anilines is 1. The molecule has 2 heterocycles. The van der Waals surface area contributed by atoms with E-state index in [1.807, 2.05) is 19.2 Å². The molecule has 0 amide bonds. The Balaban J connectivity index is 2.17. The van der Waals surface area contributed by atoms with Crippen LogP contribution in [0, 0.1) is 0 Å². The van der Waals surface area contributed by atoms with Gasteiger partial charge in [0.05, 0.1) is 11.1 Å². The highest BCUT2D eigenvalue weighted by molar-refractivity contribution is 6.08. The van der Waals surface area contributed by atoms with Gasteiger partial charge in [0.25, 0.3) is 0 Å². The smallest absolute Gasteiger partial charge is 0.146 e. The summed E-state index contributed by atoms with van der Waals surface area (Å²) < 4.78 is 2.15. The van der Waals surface area contributed by atoms with Crippen molar-refractivity contribution in [3.63, 3.8) is 0 Å². The normalized spacial score (nSPS) is 10.9. The Labute approximate surface area is 140 Å². The molecule has 4 aromatic rings. The summed E-state index contributed by atoms with van der Waals surface area (Å²) in [6.45, 7) is 0. The van der Waals surface area contributed by atoms with E-state index in [4.69, 9.17) is 0 Å². The molecule has 0 aliphatic rings. The summed E-state index contributed by atoms with van der Waals surface area (Å²) in [4.78, 5) is 8.96. The van der Waals surface area contributed by atoms with Gasteiger partial charge in [-0.05, 0) is 11.1 Å². The molecule has 118 valence electrons. The summed E-state index contributed by atoms with van der Waals surface area (Å²) in [5.41, 5.74) is 5.55. The molecular formula is C20H18N4. The number of aromatic nitrogens is 3. The van der Waals surface area contributed by atoms with E-state index in [-0.39, 0.29) is 0 Å². The maximum atomic E-state index is 4.53. The van der Waals surface area contributed by atoms with Crippen molar-refractivity contribution in [3.05, 3.63) is 67.0 Å². The van der Waals surface area contributed by atoms with Crippen molar-refractivity contribution < 1.29 is 0 Å². The molecule has 0 saturated heterocycles. The summed E-state index contributed by atoms with van der Waals surface area (Å²) in [5.74, 6) is 0.844. The van der Waals surface area contributed by atoms with Gasteiger partial charge in [0, 0.05) is 19.7 Å². The Morgan fingerprint density at radius 1 is 0.833 bits per heavy atom. The predicted octanol–water partition coefficient (Wildman–Crippen LogP) is 4.34. The average Bonchev–Trinajstić information content (AvgIpc) is 2.96. The number of benzene rings is 2. The van der Waals surface area contributed by atoms with E-state index in [1.54, 1.807) is 6.33 Å². The number of aryl methyl sites for hydroxylation is 1. The van der Waals surface area contributed by atoms with E-state index in [1.165, 1.54) is 5.56 Å². The molecule has 0 atom stereocenters. The predicted molar refractivity (Wildman–Crippen MR) is 98.9 cm³/mol. The minimum atomic E-state index is 0.844. The van der Waals surface area contributed by atoms with Gasteiger partial charge in [-0.25, -0.2) is 9.97 Å². The summed E-state index contributed by atoms with van der Waals surface area (Å²) >= 11 is 0. The second kappa shape index (κ2) is 5.81. The van der Waals surface area contributed by atoms with E-state index in [0.717, 1.165) is 33.7 Å². The molecule has 0 spiro atoms. The van der Waals surface area contributed by atoms with Crippen LogP contribution in [0.15, 0.2) is 67.0 Å². The van der Waals surface area contributed by atoms with E-state index in [2.05, 4.69) is 75.4 Å². The summed E-state index contributed by atoms with van der Waals surface area (Å²) in [6.07, 6.45) is 1.61. The number of hydrogen-bond acceptors (Lipinski definition) is 3. The van der Waals surface area contributed by atoms with Gasteiger partial charge < -0.3 is 9.88 Å². The van der Waals surface area contributed by atoms with Crippen LogP contribution < -0.4 is 5.32 Å². The first-order chi connectivity index (χ1) is 11.8. The molecular weight excluding hydrogens is 296 g/mol. The Hall–Kier alpha value is -3.14. The van der Waals surface area contributed by atoms with Crippen LogP contribution in [0.1, 0.15) is 0 Å². The highest BCUT2D eigenvalue weighted by Crippen LogP contribution is 2.41. The molecule has 2 aromatic heterocycles. The molecule has 0 unspecified atom stereocenters. The fraction of sp³-hybridized carbons (Fsp3) is 0.100. The van der Waals surface area contributed by atoms with E-state index >= 15 is 0 Å². The zero-order valence-corrected chi connectivity index (χ0v) is 13.7. The first kappa shape index (κ1) is 14.5. The number of rotatable bonds is 3. The zero-order valence-electron chi connectivity index (χ0n) is 13.7. The molecule has 0 saturated carbocycles. The van der Waals surface area contributed by atoms with Crippen molar-refractivity contribution in [1.82, 2.24) is 14.5 Å². The lowest BCUT2D eigenvalue weighted by molar-refractivity contribution is 0.952. The molecule has 1 N–H and O–H groups in total. The lowest BCUT2D eigenvalue weighted by atomic mass is 9.99. The third-order valence-electron chi connectivity index (χ3n) is 4.31. The molecule has 2 aromatic carbocycles. The Kier molecular flexibility index (Phi) is 3.50. The van der Waals surface area contributed by atoms with Crippen molar-refractivity contribution in [1.29, 1.82) is 0 Å². The minimum absolute atomic E-state index is 0.844. The monoisotopic (exact) mass is 314 g/mol. The van der Waals surface area contributed by atoms with Crippen LogP contribution in [-0.2, 0) is 7.05 Å². The maximum absolute atomic E-state index is 4.53. The molecule has 24 heavy (non-hydrogen) atoms. The Bertz CT molecular complexity index is 989. The van der Waals surface area contributed by atoms with E-state index < -0.39 is 0 Å². The molecule has 4 nitrogen and oxygen atoms in total. The lowest BCUT2D eigenvalue weighted by Crippen LogP contribution is -1.96. The van der Waals surface area contributed by atoms with Gasteiger partial charge in [-0.2, -0.15) is 0 Å². The van der Waals surface area contributed by atoms with Gasteiger partial charge in [0.15, 0.2) is 0 Å². The first-order valence-corrected chi connectivity index (χ1v) is 7.93. The quantitative estimate of drug-likeness (QED) is 0.611. The van der Waals surface area contributed by atoms with Gasteiger partial charge in [0.2, 0.25) is 0 Å². The van der Waals surface area contributed by atoms with Crippen molar-refractivity contribution in [3.8, 4) is 22.4 Å². The number of nitrogens with one attached hydrogen (secondary N) is 1. The van der Waals surface area contributed by atoms with Crippen LogP contribution in [0.4, 0.5) is 5.82 Å². The third-order valence-corrected chi connectivity index (χ3v) is 4.31. The van der Waals surface area contributed by atoms with Gasteiger partial charge in [-0.15, -0.1) is 0 Å². The van der Waals surface area contributed by atoms with Crippen LogP contribution in [-0.4, -0.2) is 21.6 Å². The number of fused-ring (bicyclic) bond motifs is 1. The van der Waals surface area contributed by atoms with Gasteiger partial charge >= 0.3 is 0 Å². The van der Waals surface area contributed by atoms with Crippen molar-refractivity contribution in [2.45, 2.75) is 0 Å². The Morgan fingerprint density at radius 3 is 2.08 bits per heavy atom. The largest absolute Gasteiger partial charge is 0.372 e. The van der Waals surface area contributed by atoms with E-state index in [0.29, 0.717) is 0 Å². The van der Waals surface area contributed by atoms with Crippen LogP contribution >= 0.6 is 0 Å². The van der Waals surface area contributed by atoms with E-state index in [9.17, 15) is 0 Å². The first-order valence-electron chi connectivity index (χ1n) is 7.93. The second-order valence-corrected chi connectivity index (χ2v) is 5.69. The fourth-order valence-corrected chi connectivity index (χ4v) is 3.26. The zero-order chi connectivity index (χ0) is 16.5. The minimum Gasteiger partial charge on any atom is -0.372 e. The molecule has 4 rings (SSSR count). The molecule has 0 aliphatic heterocycles. The van der Waals surface area contributed by atoms with Crippen LogP contribution in [0.3, 0.4) is 0 Å². The average molecular weight is 314 g/mol. The van der Waals surface area contributed by atoms with Crippen molar-refractivity contribution in [2.24, 2.45) is 7.05 Å². The summed E-state index contributed by atoms with van der Waals surface area (Å²) in [6, 6.07) is 20.8. The molecule has 0 aliphatic carbocycles. The van der Waals surface area contributed by atoms with Crippen molar-refractivity contribution in [2.75, 3.05) is 12.4 Å². The highest BCUT2D eigenvalue weighted by atomic mass is 15.1. The second-order valence-electron chi connectivity index (χ2n) is 5.69. The SMILES string of the molecule is CNc1ncnc2c1c(-c1ccccc1)c(-c1ccccc1)n2C. The number of hydrogen-bond donors (Lipinski definition) is 1. The third kappa shape index (κ3) is 2.15. The van der Waals surface area contributed by atoms with Crippen molar-refractivity contribution >= 4 is 16.9 Å². The number of nitrogens with zero attached hydrogens (tertiary/aromatic N) is 3. The van der Waals surface area contributed by atoms with Crippen LogP contribution in [0.2, 0.25) is 0 Å². The summed E-state index contributed by atoms with van der Waals surface area (Å²) in [7, 11) is 3.95. The van der Waals surface area contributed by atoms with Gasteiger partial charge in [0.1, 0.15) is 17.8 Å². The molecule has 0 bridgehead atoms. The molecule has 4 heteroatoms. The fourth-order valence-electron chi connectivity index (χ4n) is 3.26. The summed E-state index contributed by atoms with van der Waals surface area (Å²) in [5, 5.41) is 4.26. The van der Waals surface area contributed by atoms with Gasteiger partial charge in [-0.1, -0.05) is 60.7 Å². The Morgan fingerprint density at radius 2 is 1.46 bits per heavy atom. The van der Waals surface area contributed by atoms with Crippen LogP contribution in [0.5, 0.6) is 0 Å². The van der Waals surface area contributed by atoms with Crippen LogP contribution in [0.25, 0.3) is 33.4 Å². The lowest BCUT2D eigenvalue weighted by Gasteiger charge is -2.09. The van der Waals surface area contributed by atoms with Gasteiger partial charge in [-0.3, -0.25) is 0 Å². The molecule has 0 fully saturated rings. The topological polar surface area (TPSA) is 42.7 Å². The maximum Gasteiger partial charge on any atom is 0.146 e. The standard InChI is InChI=1S/C20H18N4/c1-21-19-17-16(14-9-5-3-6-10-14)18(15-11-7-4-8-12-15)24(2)20(17)23-13-22-19/h3-13H,1-2H3,(H,21,22,23).